The first kappa shape index (κ1) is 11.6. The summed E-state index contributed by atoms with van der Waals surface area (Å²) in [5.74, 6) is 0. The number of aromatic nitrogens is 2. The maximum Gasteiger partial charge on any atom is 0.174 e. The molecule has 0 spiro atoms. The highest BCUT2D eigenvalue weighted by Crippen LogP contribution is 2.30. The summed E-state index contributed by atoms with van der Waals surface area (Å²) in [4.78, 5) is 5.42. The third-order valence-electron chi connectivity index (χ3n) is 2.16. The molecule has 5 heteroatoms. The van der Waals surface area contributed by atoms with Crippen molar-refractivity contribution in [2.24, 2.45) is 0 Å². The van der Waals surface area contributed by atoms with Crippen LogP contribution in [-0.2, 0) is 6.54 Å². The number of benzene rings is 1. The smallest absolute Gasteiger partial charge is 0.174 e. The van der Waals surface area contributed by atoms with Gasteiger partial charge >= 0.3 is 0 Å². The summed E-state index contributed by atoms with van der Waals surface area (Å²) in [5, 5.41) is 3.15. The molecule has 1 N–H and O–H groups in total. The molecule has 16 heavy (non-hydrogen) atoms. The summed E-state index contributed by atoms with van der Waals surface area (Å²) in [6.07, 6.45) is 1.59. The number of nitrogens with one attached hydrogen (secondary N) is 1. The lowest BCUT2D eigenvalue weighted by molar-refractivity contribution is 0.815. The molecule has 0 unspecified atom stereocenters. The van der Waals surface area contributed by atoms with Gasteiger partial charge in [0.25, 0.3) is 0 Å². The van der Waals surface area contributed by atoms with Crippen LogP contribution in [0.3, 0.4) is 0 Å². The predicted octanol–water partition coefficient (Wildman–Crippen LogP) is 2.72. The van der Waals surface area contributed by atoms with Crippen LogP contribution in [0.25, 0.3) is 0 Å². The Hall–Kier alpha value is -0.910. The molecule has 2 rings (SSSR count). The Bertz CT molecular complexity index is 454. The van der Waals surface area contributed by atoms with E-state index in [1.54, 1.807) is 18.1 Å². The van der Waals surface area contributed by atoms with Crippen LogP contribution in [0.2, 0.25) is 0 Å². The van der Waals surface area contributed by atoms with E-state index in [1.807, 2.05) is 7.05 Å². The van der Waals surface area contributed by atoms with Crippen molar-refractivity contribution in [2.45, 2.75) is 22.7 Å². The molecule has 0 fully saturated rings. The molecule has 0 bridgehead atoms. The molecule has 0 saturated carbocycles. The van der Waals surface area contributed by atoms with E-state index in [-0.39, 0.29) is 0 Å². The van der Waals surface area contributed by atoms with E-state index in [0.717, 1.165) is 10.9 Å². The predicted molar refractivity (Wildman–Crippen MR) is 68.0 cm³/mol. The lowest BCUT2D eigenvalue weighted by atomic mass is 10.1. The number of hydrogen-bond acceptors (Lipinski definition) is 5. The van der Waals surface area contributed by atoms with Crippen molar-refractivity contribution in [3.05, 3.63) is 35.7 Å². The second-order valence-electron chi connectivity index (χ2n) is 3.44. The summed E-state index contributed by atoms with van der Waals surface area (Å²) < 4.78 is 4.98. The van der Waals surface area contributed by atoms with Crippen LogP contribution in [0, 0.1) is 6.92 Å². The van der Waals surface area contributed by atoms with Gasteiger partial charge in [-0.15, -0.1) is 0 Å². The summed E-state index contributed by atoms with van der Waals surface area (Å²) in [5.41, 5.74) is 2.59. The Kier molecular flexibility index (Phi) is 3.93. The number of hydrogen-bond donors (Lipinski definition) is 1. The molecule has 0 aliphatic rings. The SMILES string of the molecule is CNCc1ccc(Sc2ncns2)c(C)c1. The number of aryl methyl sites for hydroxylation is 1. The van der Waals surface area contributed by atoms with Crippen LogP contribution >= 0.6 is 23.3 Å². The van der Waals surface area contributed by atoms with Crippen LogP contribution in [0.5, 0.6) is 0 Å². The van der Waals surface area contributed by atoms with E-state index < -0.39 is 0 Å². The van der Waals surface area contributed by atoms with Gasteiger partial charge in [-0.2, -0.15) is 4.37 Å². The molecule has 1 heterocycles. The second-order valence-corrected chi connectivity index (χ2v) is 5.51. The minimum absolute atomic E-state index is 0.907. The monoisotopic (exact) mass is 251 g/mol. The fourth-order valence-corrected chi connectivity index (χ4v) is 2.91. The largest absolute Gasteiger partial charge is 0.316 e. The molecular formula is C11H13N3S2. The van der Waals surface area contributed by atoms with E-state index >= 15 is 0 Å². The minimum atomic E-state index is 0.907. The minimum Gasteiger partial charge on any atom is -0.316 e. The Morgan fingerprint density at radius 2 is 2.31 bits per heavy atom. The van der Waals surface area contributed by atoms with E-state index in [9.17, 15) is 0 Å². The standard InChI is InChI=1S/C11H13N3S2/c1-8-5-9(6-12-2)3-4-10(8)15-11-13-7-14-16-11/h3-5,7,12H,6H2,1-2H3. The van der Waals surface area contributed by atoms with E-state index in [2.05, 4.69) is 39.8 Å². The molecular weight excluding hydrogens is 238 g/mol. The summed E-state index contributed by atoms with van der Waals surface area (Å²) in [6.45, 7) is 3.03. The normalized spacial score (nSPS) is 10.6. The van der Waals surface area contributed by atoms with Crippen molar-refractivity contribution in [2.75, 3.05) is 7.05 Å². The van der Waals surface area contributed by atoms with Gasteiger partial charge in [0.05, 0.1) is 0 Å². The van der Waals surface area contributed by atoms with Gasteiger partial charge in [-0.25, -0.2) is 4.98 Å². The summed E-state index contributed by atoms with van der Waals surface area (Å²) in [6, 6.07) is 6.50. The van der Waals surface area contributed by atoms with Crippen LogP contribution < -0.4 is 5.32 Å². The highest BCUT2D eigenvalue weighted by atomic mass is 32.2. The van der Waals surface area contributed by atoms with Crippen molar-refractivity contribution in [3.8, 4) is 0 Å². The molecule has 0 aliphatic carbocycles. The first-order valence-electron chi connectivity index (χ1n) is 4.98. The highest BCUT2D eigenvalue weighted by molar-refractivity contribution is 8.01. The quantitative estimate of drug-likeness (QED) is 0.906. The lowest BCUT2D eigenvalue weighted by Crippen LogP contribution is -2.04. The highest BCUT2D eigenvalue weighted by Gasteiger charge is 2.04. The van der Waals surface area contributed by atoms with Gasteiger partial charge in [-0.05, 0) is 42.7 Å². The molecule has 3 nitrogen and oxygen atoms in total. The average molecular weight is 251 g/mol. The number of nitrogens with zero attached hydrogens (tertiary/aromatic N) is 2. The first-order valence-corrected chi connectivity index (χ1v) is 6.57. The van der Waals surface area contributed by atoms with Crippen molar-refractivity contribution in [3.63, 3.8) is 0 Å². The summed E-state index contributed by atoms with van der Waals surface area (Å²) >= 11 is 3.10. The van der Waals surface area contributed by atoms with E-state index in [4.69, 9.17) is 0 Å². The lowest BCUT2D eigenvalue weighted by Gasteiger charge is -2.06. The molecule has 2 aromatic rings. The third-order valence-corrected chi connectivity index (χ3v) is 4.05. The third kappa shape index (κ3) is 2.81. The molecule has 1 aromatic carbocycles. The Balaban J connectivity index is 2.16. The molecule has 84 valence electrons. The van der Waals surface area contributed by atoms with Gasteiger partial charge in [0.2, 0.25) is 0 Å². The molecule has 0 atom stereocenters. The molecule has 0 aliphatic heterocycles. The Morgan fingerprint density at radius 1 is 1.44 bits per heavy atom. The van der Waals surface area contributed by atoms with Crippen LogP contribution in [0.4, 0.5) is 0 Å². The maximum atomic E-state index is 4.17. The van der Waals surface area contributed by atoms with Crippen molar-refractivity contribution >= 4 is 23.3 Å². The summed E-state index contributed by atoms with van der Waals surface area (Å²) in [7, 11) is 1.96. The van der Waals surface area contributed by atoms with Crippen LogP contribution in [0.1, 0.15) is 11.1 Å². The zero-order chi connectivity index (χ0) is 11.4. The van der Waals surface area contributed by atoms with E-state index in [0.29, 0.717) is 0 Å². The zero-order valence-electron chi connectivity index (χ0n) is 9.23. The van der Waals surface area contributed by atoms with Gasteiger partial charge in [0, 0.05) is 11.4 Å². The topological polar surface area (TPSA) is 37.8 Å². The first-order chi connectivity index (χ1) is 7.79. The fraction of sp³-hybridized carbons (Fsp3) is 0.273. The Morgan fingerprint density at radius 3 is 2.94 bits per heavy atom. The van der Waals surface area contributed by atoms with Gasteiger partial charge in [-0.1, -0.05) is 23.9 Å². The Labute approximate surface area is 103 Å². The maximum absolute atomic E-state index is 4.17. The fourth-order valence-electron chi connectivity index (χ4n) is 1.44. The second kappa shape index (κ2) is 5.43. The van der Waals surface area contributed by atoms with Gasteiger partial charge in [0.15, 0.2) is 4.34 Å². The van der Waals surface area contributed by atoms with Gasteiger partial charge < -0.3 is 5.32 Å². The van der Waals surface area contributed by atoms with Gasteiger partial charge in [-0.3, -0.25) is 0 Å². The molecule has 0 saturated heterocycles. The van der Waals surface area contributed by atoms with Crippen molar-refractivity contribution < 1.29 is 0 Å². The van der Waals surface area contributed by atoms with Crippen LogP contribution in [0.15, 0.2) is 33.8 Å². The molecule has 0 radical (unpaired) electrons. The van der Waals surface area contributed by atoms with E-state index in [1.165, 1.54) is 27.6 Å². The average Bonchev–Trinajstić information content (AvgIpc) is 2.75. The zero-order valence-corrected chi connectivity index (χ0v) is 10.9. The number of rotatable bonds is 4. The molecule has 1 aromatic heterocycles. The van der Waals surface area contributed by atoms with Crippen LogP contribution in [-0.4, -0.2) is 16.4 Å². The van der Waals surface area contributed by atoms with Gasteiger partial charge in [0.1, 0.15) is 6.33 Å². The van der Waals surface area contributed by atoms with Crippen molar-refractivity contribution in [1.29, 1.82) is 0 Å². The molecule has 0 amide bonds. The van der Waals surface area contributed by atoms with Crippen molar-refractivity contribution in [1.82, 2.24) is 14.7 Å².